The highest BCUT2D eigenvalue weighted by Gasteiger charge is 2.23. The topological polar surface area (TPSA) is 32.8 Å². The van der Waals surface area contributed by atoms with Crippen molar-refractivity contribution in [1.29, 1.82) is 0 Å². The molecule has 4 heteroatoms. The summed E-state index contributed by atoms with van der Waals surface area (Å²) in [4.78, 5) is 16.7. The first-order valence-electron chi connectivity index (χ1n) is 7.81. The molecule has 1 heterocycles. The largest absolute Gasteiger partial charge is 0.384 e. The number of para-hydroxylation sites is 1. The van der Waals surface area contributed by atoms with Gasteiger partial charge < -0.3 is 14.5 Å². The molecular weight excluding hydrogens is 264 g/mol. The van der Waals surface area contributed by atoms with Crippen molar-refractivity contribution in [3.8, 4) is 0 Å². The summed E-state index contributed by atoms with van der Waals surface area (Å²) < 4.78 is 5.21. The molecule has 1 atom stereocenters. The number of hydrogen-bond acceptors (Lipinski definition) is 3. The van der Waals surface area contributed by atoms with Gasteiger partial charge in [0, 0.05) is 38.9 Å². The lowest BCUT2D eigenvalue weighted by Gasteiger charge is -2.23. The molecule has 1 amide bonds. The molecule has 4 nitrogen and oxygen atoms in total. The molecule has 1 saturated heterocycles. The maximum Gasteiger partial charge on any atom is 0.228 e. The number of likely N-dealkylation sites (tertiary alicyclic amines) is 1. The summed E-state index contributed by atoms with van der Waals surface area (Å²) in [6.07, 6.45) is 1.76. The predicted octanol–water partition coefficient (Wildman–Crippen LogP) is 2.40. The highest BCUT2D eigenvalue weighted by Crippen LogP contribution is 2.18. The van der Waals surface area contributed by atoms with Gasteiger partial charge in [-0.25, -0.2) is 0 Å². The number of nitrogens with zero attached hydrogens (tertiary/aromatic N) is 2. The fourth-order valence-corrected chi connectivity index (χ4v) is 2.99. The maximum absolute atomic E-state index is 12.4. The second kappa shape index (κ2) is 8.15. The van der Waals surface area contributed by atoms with Gasteiger partial charge in [-0.1, -0.05) is 18.2 Å². The van der Waals surface area contributed by atoms with Gasteiger partial charge in [-0.3, -0.25) is 4.79 Å². The van der Waals surface area contributed by atoms with E-state index in [1.165, 1.54) is 6.42 Å². The number of rotatable bonds is 7. The third-order valence-corrected chi connectivity index (χ3v) is 4.10. The molecule has 1 aromatic rings. The molecule has 116 valence electrons. The summed E-state index contributed by atoms with van der Waals surface area (Å²) in [5.74, 6) is 0.834. The minimum atomic E-state index is 0.207. The van der Waals surface area contributed by atoms with Crippen molar-refractivity contribution in [2.45, 2.75) is 19.8 Å². The van der Waals surface area contributed by atoms with E-state index in [0.29, 0.717) is 12.3 Å². The summed E-state index contributed by atoms with van der Waals surface area (Å²) in [6, 6.07) is 9.90. The molecule has 0 saturated carbocycles. The molecule has 1 aliphatic heterocycles. The number of amides is 1. The summed E-state index contributed by atoms with van der Waals surface area (Å²) >= 11 is 0. The molecular formula is C17H26N2O2. The molecule has 1 fully saturated rings. The van der Waals surface area contributed by atoms with E-state index < -0.39 is 0 Å². The Hall–Kier alpha value is -1.39. The average Bonchev–Trinajstić information content (AvgIpc) is 2.95. The zero-order valence-corrected chi connectivity index (χ0v) is 13.1. The van der Waals surface area contributed by atoms with E-state index >= 15 is 0 Å². The molecule has 0 bridgehead atoms. The maximum atomic E-state index is 12.4. The molecule has 0 aromatic heterocycles. The zero-order chi connectivity index (χ0) is 15.1. The van der Waals surface area contributed by atoms with Gasteiger partial charge in [0.1, 0.15) is 0 Å². The normalized spacial score (nSPS) is 18.9. The highest BCUT2D eigenvalue weighted by atomic mass is 16.5. The van der Waals surface area contributed by atoms with E-state index in [1.54, 1.807) is 7.11 Å². The van der Waals surface area contributed by atoms with Gasteiger partial charge in [-0.05, 0) is 37.9 Å². The minimum Gasteiger partial charge on any atom is -0.384 e. The van der Waals surface area contributed by atoms with E-state index in [1.807, 2.05) is 42.2 Å². The van der Waals surface area contributed by atoms with Crippen molar-refractivity contribution in [3.63, 3.8) is 0 Å². The van der Waals surface area contributed by atoms with E-state index in [4.69, 9.17) is 4.74 Å². The lowest BCUT2D eigenvalue weighted by atomic mass is 10.1. The van der Waals surface area contributed by atoms with Crippen LogP contribution in [-0.4, -0.2) is 50.7 Å². The molecule has 21 heavy (non-hydrogen) atoms. The van der Waals surface area contributed by atoms with Gasteiger partial charge in [-0.2, -0.15) is 0 Å². The van der Waals surface area contributed by atoms with Crippen molar-refractivity contribution < 1.29 is 9.53 Å². The van der Waals surface area contributed by atoms with Gasteiger partial charge in [0.2, 0.25) is 5.91 Å². The van der Waals surface area contributed by atoms with Crippen LogP contribution in [0.25, 0.3) is 0 Å². The Morgan fingerprint density at radius 1 is 1.38 bits per heavy atom. The smallest absolute Gasteiger partial charge is 0.228 e. The van der Waals surface area contributed by atoms with Gasteiger partial charge in [-0.15, -0.1) is 0 Å². The van der Waals surface area contributed by atoms with Crippen LogP contribution in [0.5, 0.6) is 0 Å². The van der Waals surface area contributed by atoms with Crippen LogP contribution < -0.4 is 4.90 Å². The summed E-state index contributed by atoms with van der Waals surface area (Å²) in [5, 5.41) is 0. The monoisotopic (exact) mass is 290 g/mol. The highest BCUT2D eigenvalue weighted by molar-refractivity contribution is 5.93. The fourth-order valence-electron chi connectivity index (χ4n) is 2.99. The molecule has 0 aliphatic carbocycles. The number of ether oxygens (including phenoxy) is 1. The van der Waals surface area contributed by atoms with Crippen LogP contribution in [0.1, 0.15) is 19.8 Å². The Kier molecular flexibility index (Phi) is 6.21. The first-order valence-corrected chi connectivity index (χ1v) is 7.81. The van der Waals surface area contributed by atoms with E-state index in [9.17, 15) is 4.79 Å². The second-order valence-corrected chi connectivity index (χ2v) is 5.63. The molecule has 1 aromatic carbocycles. The first-order chi connectivity index (χ1) is 10.2. The minimum absolute atomic E-state index is 0.207. The third-order valence-electron chi connectivity index (χ3n) is 4.10. The van der Waals surface area contributed by atoms with E-state index in [-0.39, 0.29) is 5.91 Å². The number of hydrogen-bond donors (Lipinski definition) is 0. The van der Waals surface area contributed by atoms with Crippen molar-refractivity contribution in [1.82, 2.24) is 4.90 Å². The number of methoxy groups -OCH3 is 1. The Labute approximate surface area is 127 Å². The fraction of sp³-hybridized carbons (Fsp3) is 0.588. The van der Waals surface area contributed by atoms with Gasteiger partial charge in [0.15, 0.2) is 0 Å². The standard InChI is InChI=1S/C17H26N2O2/c1-3-19(16-7-5-4-6-8-16)17(20)10-12-18-11-9-15(13-18)14-21-2/h4-8,15H,3,9-14H2,1-2H3. The van der Waals surface area contributed by atoms with Crippen LogP contribution in [0.2, 0.25) is 0 Å². The quantitative estimate of drug-likeness (QED) is 0.773. The Balaban J connectivity index is 1.81. The van der Waals surface area contributed by atoms with Crippen LogP contribution in [0, 0.1) is 5.92 Å². The SMILES string of the molecule is CCN(C(=O)CCN1CCC(COC)C1)c1ccccc1. The van der Waals surface area contributed by atoms with Crippen molar-refractivity contribution >= 4 is 11.6 Å². The molecule has 1 unspecified atom stereocenters. The molecule has 0 N–H and O–H groups in total. The van der Waals surface area contributed by atoms with Gasteiger partial charge >= 0.3 is 0 Å². The first kappa shape index (κ1) is 16.0. The number of carbonyl (C=O) groups is 1. The number of anilines is 1. The van der Waals surface area contributed by atoms with Crippen LogP contribution in [0.15, 0.2) is 30.3 Å². The second-order valence-electron chi connectivity index (χ2n) is 5.63. The van der Waals surface area contributed by atoms with Gasteiger partial charge in [0.05, 0.1) is 6.61 Å². The van der Waals surface area contributed by atoms with Crippen LogP contribution in [0.4, 0.5) is 5.69 Å². The lowest BCUT2D eigenvalue weighted by Crippen LogP contribution is -2.34. The predicted molar refractivity (Wildman–Crippen MR) is 85.5 cm³/mol. The summed E-state index contributed by atoms with van der Waals surface area (Å²) in [6.45, 7) is 6.56. The summed E-state index contributed by atoms with van der Waals surface area (Å²) in [7, 11) is 1.76. The Morgan fingerprint density at radius 2 is 2.14 bits per heavy atom. The Morgan fingerprint density at radius 3 is 2.81 bits per heavy atom. The van der Waals surface area contributed by atoms with Crippen LogP contribution in [-0.2, 0) is 9.53 Å². The molecule has 0 radical (unpaired) electrons. The zero-order valence-electron chi connectivity index (χ0n) is 13.1. The third kappa shape index (κ3) is 4.55. The van der Waals surface area contributed by atoms with E-state index in [2.05, 4.69) is 4.90 Å². The molecule has 1 aliphatic rings. The summed E-state index contributed by atoms with van der Waals surface area (Å²) in [5.41, 5.74) is 0.990. The van der Waals surface area contributed by atoms with E-state index in [0.717, 1.165) is 38.5 Å². The number of benzene rings is 1. The lowest BCUT2D eigenvalue weighted by molar-refractivity contribution is -0.118. The van der Waals surface area contributed by atoms with Crippen LogP contribution in [0.3, 0.4) is 0 Å². The average molecular weight is 290 g/mol. The van der Waals surface area contributed by atoms with Crippen molar-refractivity contribution in [3.05, 3.63) is 30.3 Å². The molecule has 2 rings (SSSR count). The van der Waals surface area contributed by atoms with Crippen molar-refractivity contribution in [2.75, 3.05) is 44.8 Å². The Bertz CT molecular complexity index is 436. The molecule has 0 spiro atoms. The van der Waals surface area contributed by atoms with Crippen LogP contribution >= 0.6 is 0 Å². The van der Waals surface area contributed by atoms with Gasteiger partial charge in [0.25, 0.3) is 0 Å². The number of carbonyl (C=O) groups excluding carboxylic acids is 1. The van der Waals surface area contributed by atoms with Crippen molar-refractivity contribution in [2.24, 2.45) is 5.92 Å².